The molecule has 0 radical (unpaired) electrons. The van der Waals surface area contributed by atoms with Gasteiger partial charge in [-0.1, -0.05) is 13.8 Å². The maximum Gasteiger partial charge on any atom is 0.327 e. The van der Waals surface area contributed by atoms with E-state index in [-0.39, 0.29) is 12.5 Å². The summed E-state index contributed by atoms with van der Waals surface area (Å²) in [5.41, 5.74) is 6.97. The Hall–Kier alpha value is -2.90. The summed E-state index contributed by atoms with van der Waals surface area (Å²) in [4.78, 5) is 24.2. The van der Waals surface area contributed by atoms with E-state index in [1.54, 1.807) is 13.1 Å². The molecule has 2 rings (SSSR count). The van der Waals surface area contributed by atoms with Crippen LogP contribution in [-0.2, 0) is 16.1 Å². The molecule has 0 unspecified atom stereocenters. The highest BCUT2D eigenvalue weighted by molar-refractivity contribution is 5.85. The van der Waals surface area contributed by atoms with E-state index in [4.69, 9.17) is 10.5 Å². The Kier molecular flexibility index (Phi) is 7.13. The molecule has 2 aromatic rings. The van der Waals surface area contributed by atoms with Gasteiger partial charge in [0.2, 0.25) is 5.95 Å². The summed E-state index contributed by atoms with van der Waals surface area (Å²) in [6, 6.07) is 2.00. The molecule has 0 amide bonds. The van der Waals surface area contributed by atoms with Crippen molar-refractivity contribution >= 4 is 29.2 Å². The number of aryl methyl sites for hydroxylation is 1. The fraction of sp³-hybridized carbons (Fsp3) is 0.444. The lowest BCUT2D eigenvalue weighted by Crippen LogP contribution is -2.11. The number of aromatic nitrogens is 3. The molecule has 0 bridgehead atoms. The quantitative estimate of drug-likeness (QED) is 0.526. The fourth-order valence-electron chi connectivity index (χ4n) is 2.28. The number of ether oxygens (including phenoxy) is 1. The Morgan fingerprint density at radius 2 is 2.31 bits per heavy atom. The van der Waals surface area contributed by atoms with Crippen LogP contribution in [0.25, 0.3) is 11.0 Å². The predicted octanol–water partition coefficient (Wildman–Crippen LogP) is 2.32. The summed E-state index contributed by atoms with van der Waals surface area (Å²) < 4.78 is 6.93. The SMILES string of the molecule is CCOC(=O)CN=C/C(=C\N)Nc1ncc2ccn(CCC(C)C)c2n1. The largest absolute Gasteiger partial charge is 0.465 e. The number of carbonyl (C=O) groups is 1. The summed E-state index contributed by atoms with van der Waals surface area (Å²) in [6.07, 6.45) is 7.67. The molecule has 140 valence electrons. The molecule has 0 spiro atoms. The Labute approximate surface area is 153 Å². The molecule has 0 saturated heterocycles. The lowest BCUT2D eigenvalue weighted by molar-refractivity contribution is -0.141. The smallest absolute Gasteiger partial charge is 0.327 e. The molecule has 2 heterocycles. The van der Waals surface area contributed by atoms with Crippen molar-refractivity contribution in [1.82, 2.24) is 14.5 Å². The summed E-state index contributed by atoms with van der Waals surface area (Å²) in [5.74, 6) is 0.649. The molecule has 0 fully saturated rings. The van der Waals surface area contributed by atoms with Crippen LogP contribution < -0.4 is 11.1 Å². The first kappa shape index (κ1) is 19.4. The molecule has 0 aliphatic heterocycles. The van der Waals surface area contributed by atoms with Gasteiger partial charge in [0.25, 0.3) is 0 Å². The van der Waals surface area contributed by atoms with Gasteiger partial charge in [-0.2, -0.15) is 4.98 Å². The van der Waals surface area contributed by atoms with E-state index in [2.05, 4.69) is 38.7 Å². The van der Waals surface area contributed by atoms with Gasteiger partial charge in [-0.25, -0.2) is 4.98 Å². The number of anilines is 1. The molecule has 8 nitrogen and oxygen atoms in total. The van der Waals surface area contributed by atoms with Crippen LogP contribution in [0.2, 0.25) is 0 Å². The van der Waals surface area contributed by atoms with E-state index in [9.17, 15) is 4.79 Å². The molecular formula is C18H26N6O2. The number of nitrogens with one attached hydrogen (secondary N) is 1. The average Bonchev–Trinajstić information content (AvgIpc) is 3.01. The molecule has 0 aromatic carbocycles. The fourth-order valence-corrected chi connectivity index (χ4v) is 2.28. The van der Waals surface area contributed by atoms with Crippen molar-refractivity contribution in [3.63, 3.8) is 0 Å². The van der Waals surface area contributed by atoms with Gasteiger partial charge < -0.3 is 20.4 Å². The van der Waals surface area contributed by atoms with E-state index in [0.717, 1.165) is 24.0 Å². The van der Waals surface area contributed by atoms with Crippen LogP contribution in [0.15, 0.2) is 35.3 Å². The molecule has 2 aromatic heterocycles. The molecule has 0 saturated carbocycles. The highest BCUT2D eigenvalue weighted by Gasteiger charge is 2.07. The number of esters is 1. The Morgan fingerprint density at radius 1 is 1.50 bits per heavy atom. The Bertz CT molecular complexity index is 794. The first-order chi connectivity index (χ1) is 12.5. The Balaban J connectivity index is 2.07. The number of hydrogen-bond acceptors (Lipinski definition) is 7. The van der Waals surface area contributed by atoms with Crippen LogP contribution in [0.5, 0.6) is 0 Å². The molecule has 0 aliphatic rings. The van der Waals surface area contributed by atoms with Gasteiger partial charge in [-0.3, -0.25) is 9.79 Å². The number of aliphatic imine (C=N–C) groups is 1. The number of hydrogen-bond donors (Lipinski definition) is 2. The molecule has 8 heteroatoms. The van der Waals surface area contributed by atoms with Crippen molar-refractivity contribution in [2.75, 3.05) is 18.5 Å². The van der Waals surface area contributed by atoms with Gasteiger partial charge >= 0.3 is 5.97 Å². The van der Waals surface area contributed by atoms with Crippen LogP contribution >= 0.6 is 0 Å². The third-order valence-corrected chi connectivity index (χ3v) is 3.64. The topological polar surface area (TPSA) is 107 Å². The zero-order chi connectivity index (χ0) is 18.9. The second-order valence-electron chi connectivity index (χ2n) is 6.19. The molecule has 26 heavy (non-hydrogen) atoms. The minimum atomic E-state index is -0.388. The van der Waals surface area contributed by atoms with Crippen molar-refractivity contribution in [3.05, 3.63) is 30.4 Å². The van der Waals surface area contributed by atoms with Gasteiger partial charge in [0.15, 0.2) is 0 Å². The van der Waals surface area contributed by atoms with Crippen LogP contribution in [0.4, 0.5) is 5.95 Å². The first-order valence-corrected chi connectivity index (χ1v) is 8.69. The van der Waals surface area contributed by atoms with E-state index in [1.165, 1.54) is 12.4 Å². The van der Waals surface area contributed by atoms with Gasteiger partial charge in [-0.15, -0.1) is 0 Å². The molecule has 0 atom stereocenters. The second kappa shape index (κ2) is 9.55. The van der Waals surface area contributed by atoms with Crippen molar-refractivity contribution < 1.29 is 9.53 Å². The van der Waals surface area contributed by atoms with E-state index in [1.807, 2.05) is 12.3 Å². The maximum absolute atomic E-state index is 11.3. The van der Waals surface area contributed by atoms with Gasteiger partial charge in [0.1, 0.15) is 12.2 Å². The maximum atomic E-state index is 11.3. The van der Waals surface area contributed by atoms with Crippen LogP contribution in [0.3, 0.4) is 0 Å². The summed E-state index contributed by atoms with van der Waals surface area (Å²) in [7, 11) is 0. The average molecular weight is 358 g/mol. The van der Waals surface area contributed by atoms with Crippen LogP contribution in [0, 0.1) is 5.92 Å². The van der Waals surface area contributed by atoms with Crippen LogP contribution in [0.1, 0.15) is 27.2 Å². The Morgan fingerprint density at radius 3 is 3.00 bits per heavy atom. The lowest BCUT2D eigenvalue weighted by Gasteiger charge is -2.08. The lowest BCUT2D eigenvalue weighted by atomic mass is 10.1. The highest BCUT2D eigenvalue weighted by atomic mass is 16.5. The standard InChI is InChI=1S/C18H26N6O2/c1-4-26-16(25)12-20-11-15(9-19)22-18-21-10-14-6-8-24(17(14)23-18)7-5-13(2)3/h6,8-11,13H,4-5,7,12,19H2,1-3H3,(H,21,22,23)/b15-9+,20-11?. The number of allylic oxidation sites excluding steroid dienone is 1. The van der Waals surface area contributed by atoms with E-state index >= 15 is 0 Å². The summed E-state index contributed by atoms with van der Waals surface area (Å²) in [6.45, 7) is 7.31. The molecule has 0 aliphatic carbocycles. The molecular weight excluding hydrogens is 332 g/mol. The van der Waals surface area contributed by atoms with E-state index in [0.29, 0.717) is 24.2 Å². The number of carbonyl (C=O) groups excluding carboxylic acids is 1. The van der Waals surface area contributed by atoms with Crippen molar-refractivity contribution in [1.29, 1.82) is 0 Å². The minimum absolute atomic E-state index is 0.0647. The predicted molar refractivity (Wildman–Crippen MR) is 103 cm³/mol. The van der Waals surface area contributed by atoms with Crippen molar-refractivity contribution in [2.24, 2.45) is 16.6 Å². The zero-order valence-corrected chi connectivity index (χ0v) is 15.5. The highest BCUT2D eigenvalue weighted by Crippen LogP contribution is 2.16. The number of nitrogens with two attached hydrogens (primary N) is 1. The van der Waals surface area contributed by atoms with Crippen molar-refractivity contribution in [2.45, 2.75) is 33.7 Å². The zero-order valence-electron chi connectivity index (χ0n) is 15.5. The van der Waals surface area contributed by atoms with Gasteiger partial charge in [0.05, 0.1) is 12.3 Å². The third-order valence-electron chi connectivity index (χ3n) is 3.64. The van der Waals surface area contributed by atoms with Crippen molar-refractivity contribution in [3.8, 4) is 0 Å². The second-order valence-corrected chi connectivity index (χ2v) is 6.19. The van der Waals surface area contributed by atoms with E-state index < -0.39 is 0 Å². The summed E-state index contributed by atoms with van der Waals surface area (Å²) in [5, 5.41) is 3.99. The minimum Gasteiger partial charge on any atom is -0.465 e. The normalized spacial score (nSPS) is 12.2. The third kappa shape index (κ3) is 5.58. The van der Waals surface area contributed by atoms with Gasteiger partial charge in [-0.05, 0) is 25.3 Å². The summed E-state index contributed by atoms with van der Waals surface area (Å²) >= 11 is 0. The first-order valence-electron chi connectivity index (χ1n) is 8.69. The number of nitrogens with zero attached hydrogens (tertiary/aromatic N) is 4. The monoisotopic (exact) mass is 358 g/mol. The van der Waals surface area contributed by atoms with Gasteiger partial charge in [0, 0.05) is 36.7 Å². The van der Waals surface area contributed by atoms with Crippen LogP contribution in [-0.4, -0.2) is 39.9 Å². The number of rotatable bonds is 9. The molecule has 3 N–H and O–H groups in total. The number of fused-ring (bicyclic) bond motifs is 1.